The number of rotatable bonds is 3. The van der Waals surface area contributed by atoms with Crippen LogP contribution >= 0.6 is 0 Å². The van der Waals surface area contributed by atoms with Gasteiger partial charge in [-0.15, -0.1) is 0 Å². The quantitative estimate of drug-likeness (QED) is 0.852. The maximum Gasteiger partial charge on any atom is 0.328 e. The Labute approximate surface area is 112 Å². The number of hydrogen-bond acceptors (Lipinski definition) is 2. The van der Waals surface area contributed by atoms with E-state index in [1.807, 2.05) is 4.90 Å². The Bertz CT molecular complexity index is 513. The average molecular weight is 263 g/mol. The summed E-state index contributed by atoms with van der Waals surface area (Å²) in [6.45, 7) is 5.01. The van der Waals surface area contributed by atoms with Gasteiger partial charge in [0.25, 0.3) is 0 Å². The Morgan fingerprint density at radius 1 is 1.47 bits per heavy atom. The van der Waals surface area contributed by atoms with E-state index in [-0.39, 0.29) is 11.9 Å². The first kappa shape index (κ1) is 13.6. The molecule has 0 saturated carbocycles. The number of hydrogen-bond donors (Lipinski definition) is 1. The van der Waals surface area contributed by atoms with Crippen LogP contribution in [0.4, 0.5) is 10.1 Å². The van der Waals surface area contributed by atoms with Crippen LogP contribution in [0.1, 0.15) is 25.8 Å². The first-order valence-electron chi connectivity index (χ1n) is 6.45. The standard InChI is InChI=1S/C15H18FNO2/c1-10-8-11(2)17(9-10)15-12(6-7-14(18)19)4-3-5-13(15)16/h3-7,10-11H,8-9H2,1-2H3,(H,18,19)/b7-6+. The predicted molar refractivity (Wildman–Crippen MR) is 73.7 cm³/mol. The smallest absolute Gasteiger partial charge is 0.328 e. The molecular weight excluding hydrogens is 245 g/mol. The van der Waals surface area contributed by atoms with Gasteiger partial charge in [-0.05, 0) is 31.4 Å². The highest BCUT2D eigenvalue weighted by molar-refractivity contribution is 5.87. The van der Waals surface area contributed by atoms with E-state index < -0.39 is 5.97 Å². The highest BCUT2D eigenvalue weighted by Gasteiger charge is 2.29. The van der Waals surface area contributed by atoms with Crippen molar-refractivity contribution in [3.05, 3.63) is 35.7 Å². The molecule has 1 aromatic rings. The number of nitrogens with zero attached hydrogens (tertiary/aromatic N) is 1. The lowest BCUT2D eigenvalue weighted by molar-refractivity contribution is -0.131. The van der Waals surface area contributed by atoms with Crippen LogP contribution in [0.2, 0.25) is 0 Å². The molecule has 0 spiro atoms. The van der Waals surface area contributed by atoms with E-state index >= 15 is 0 Å². The summed E-state index contributed by atoms with van der Waals surface area (Å²) in [5.41, 5.74) is 1.13. The first-order chi connectivity index (χ1) is 8.99. The van der Waals surface area contributed by atoms with Gasteiger partial charge in [0.2, 0.25) is 0 Å². The number of carbonyl (C=O) groups is 1. The zero-order valence-electron chi connectivity index (χ0n) is 11.1. The van der Waals surface area contributed by atoms with Crippen molar-refractivity contribution < 1.29 is 14.3 Å². The van der Waals surface area contributed by atoms with E-state index in [1.165, 1.54) is 12.1 Å². The highest BCUT2D eigenvalue weighted by atomic mass is 19.1. The van der Waals surface area contributed by atoms with Crippen molar-refractivity contribution in [2.75, 3.05) is 11.4 Å². The van der Waals surface area contributed by atoms with Crippen LogP contribution in [-0.4, -0.2) is 23.7 Å². The molecule has 1 heterocycles. The number of benzene rings is 1. The summed E-state index contributed by atoms with van der Waals surface area (Å²) >= 11 is 0. The van der Waals surface area contributed by atoms with E-state index in [0.717, 1.165) is 19.0 Å². The molecule has 1 aromatic carbocycles. The summed E-state index contributed by atoms with van der Waals surface area (Å²) in [5, 5.41) is 8.70. The highest BCUT2D eigenvalue weighted by Crippen LogP contribution is 2.33. The number of anilines is 1. The van der Waals surface area contributed by atoms with Gasteiger partial charge in [0, 0.05) is 24.2 Å². The molecule has 19 heavy (non-hydrogen) atoms. The van der Waals surface area contributed by atoms with E-state index in [9.17, 15) is 9.18 Å². The number of para-hydroxylation sites is 1. The number of carboxylic acids is 1. The summed E-state index contributed by atoms with van der Waals surface area (Å²) in [5.74, 6) is -0.808. The molecule has 0 bridgehead atoms. The zero-order valence-corrected chi connectivity index (χ0v) is 11.1. The summed E-state index contributed by atoms with van der Waals surface area (Å²) in [7, 11) is 0. The fraction of sp³-hybridized carbons (Fsp3) is 0.400. The van der Waals surface area contributed by atoms with Gasteiger partial charge in [0.1, 0.15) is 5.82 Å². The Hall–Kier alpha value is -1.84. The Balaban J connectivity index is 2.41. The van der Waals surface area contributed by atoms with Gasteiger partial charge in [-0.25, -0.2) is 9.18 Å². The Morgan fingerprint density at radius 2 is 2.21 bits per heavy atom. The number of carboxylic acid groups (broad SMARTS) is 1. The van der Waals surface area contributed by atoms with Crippen molar-refractivity contribution in [1.82, 2.24) is 0 Å². The molecule has 0 radical (unpaired) electrons. The lowest BCUT2D eigenvalue weighted by atomic mass is 10.1. The Kier molecular flexibility index (Phi) is 3.88. The minimum absolute atomic E-state index is 0.267. The molecule has 2 unspecified atom stereocenters. The summed E-state index contributed by atoms with van der Waals surface area (Å²) < 4.78 is 14.1. The first-order valence-corrected chi connectivity index (χ1v) is 6.45. The van der Waals surface area contributed by atoms with Gasteiger partial charge in [-0.1, -0.05) is 19.1 Å². The molecule has 2 rings (SSSR count). The van der Waals surface area contributed by atoms with Crippen molar-refractivity contribution >= 4 is 17.7 Å². The van der Waals surface area contributed by atoms with Gasteiger partial charge in [0.05, 0.1) is 5.69 Å². The van der Waals surface area contributed by atoms with E-state index in [0.29, 0.717) is 17.2 Å². The molecule has 1 fully saturated rings. The number of halogens is 1. The zero-order chi connectivity index (χ0) is 14.0. The second kappa shape index (κ2) is 5.43. The van der Waals surface area contributed by atoms with Crippen LogP contribution in [0.3, 0.4) is 0 Å². The van der Waals surface area contributed by atoms with Crippen LogP contribution in [0.25, 0.3) is 6.08 Å². The molecule has 0 aliphatic carbocycles. The van der Waals surface area contributed by atoms with E-state index in [4.69, 9.17) is 5.11 Å². The molecule has 1 aliphatic rings. The lowest BCUT2D eigenvalue weighted by Gasteiger charge is -2.26. The third-order valence-electron chi connectivity index (χ3n) is 3.49. The molecule has 3 nitrogen and oxygen atoms in total. The summed E-state index contributed by atoms with van der Waals surface area (Å²) in [4.78, 5) is 12.6. The molecule has 1 saturated heterocycles. The summed E-state index contributed by atoms with van der Waals surface area (Å²) in [6.07, 6.45) is 3.52. The van der Waals surface area contributed by atoms with Crippen molar-refractivity contribution in [1.29, 1.82) is 0 Å². The minimum atomic E-state index is -1.03. The molecule has 102 valence electrons. The minimum Gasteiger partial charge on any atom is -0.478 e. The maximum atomic E-state index is 14.1. The molecule has 0 amide bonds. The average Bonchev–Trinajstić information content (AvgIpc) is 2.65. The molecule has 2 atom stereocenters. The number of aliphatic carboxylic acids is 1. The van der Waals surface area contributed by atoms with Crippen LogP contribution < -0.4 is 4.90 Å². The van der Waals surface area contributed by atoms with Gasteiger partial charge in [-0.2, -0.15) is 0 Å². The van der Waals surface area contributed by atoms with Gasteiger partial charge >= 0.3 is 5.97 Å². The molecule has 1 N–H and O–H groups in total. The topological polar surface area (TPSA) is 40.5 Å². The molecule has 1 aliphatic heterocycles. The second-order valence-electron chi connectivity index (χ2n) is 5.19. The monoisotopic (exact) mass is 263 g/mol. The van der Waals surface area contributed by atoms with E-state index in [1.54, 1.807) is 12.1 Å². The van der Waals surface area contributed by atoms with Crippen LogP contribution in [0.5, 0.6) is 0 Å². The molecule has 4 heteroatoms. The van der Waals surface area contributed by atoms with Crippen molar-refractivity contribution in [2.24, 2.45) is 5.92 Å². The Morgan fingerprint density at radius 3 is 2.79 bits per heavy atom. The van der Waals surface area contributed by atoms with Crippen molar-refractivity contribution in [2.45, 2.75) is 26.3 Å². The lowest BCUT2D eigenvalue weighted by Crippen LogP contribution is -2.28. The van der Waals surface area contributed by atoms with E-state index in [2.05, 4.69) is 13.8 Å². The fourth-order valence-corrected chi connectivity index (χ4v) is 2.74. The van der Waals surface area contributed by atoms with Crippen molar-refractivity contribution in [3.8, 4) is 0 Å². The maximum absolute atomic E-state index is 14.1. The second-order valence-corrected chi connectivity index (χ2v) is 5.19. The van der Waals surface area contributed by atoms with Crippen LogP contribution in [-0.2, 0) is 4.79 Å². The largest absolute Gasteiger partial charge is 0.478 e. The SMILES string of the molecule is CC1CC(C)N(c2c(F)cccc2/C=C/C(=O)O)C1. The van der Waals surface area contributed by atoms with Gasteiger partial charge in [0.15, 0.2) is 0 Å². The fourth-order valence-electron chi connectivity index (χ4n) is 2.74. The van der Waals surface area contributed by atoms with Gasteiger partial charge in [-0.3, -0.25) is 0 Å². The normalized spacial score (nSPS) is 23.2. The van der Waals surface area contributed by atoms with Crippen molar-refractivity contribution in [3.63, 3.8) is 0 Å². The predicted octanol–water partition coefficient (Wildman–Crippen LogP) is 3.16. The third-order valence-corrected chi connectivity index (χ3v) is 3.49. The molecular formula is C15H18FNO2. The third kappa shape index (κ3) is 2.95. The summed E-state index contributed by atoms with van der Waals surface area (Å²) in [6, 6.07) is 5.03. The van der Waals surface area contributed by atoms with Gasteiger partial charge < -0.3 is 10.0 Å². The van der Waals surface area contributed by atoms with Crippen LogP contribution in [0, 0.1) is 11.7 Å². The molecule has 0 aromatic heterocycles. The van der Waals surface area contributed by atoms with Crippen LogP contribution in [0.15, 0.2) is 24.3 Å².